The van der Waals surface area contributed by atoms with Gasteiger partial charge in [-0.25, -0.2) is 8.78 Å². The van der Waals surface area contributed by atoms with Crippen molar-refractivity contribution >= 4 is 37.9 Å². The maximum Gasteiger partial charge on any atom is 0.134 e. The highest BCUT2D eigenvalue weighted by atomic mass is 79.9. The first-order valence-corrected chi connectivity index (χ1v) is 5.93. The number of benzene rings is 1. The molecule has 76 valence electrons. The Hall–Kier alpha value is -0.220. The molecule has 0 fully saturated rings. The SMILES string of the molecule is Fc1cc(F)c(C=CCCBr)c(Br)c1. The summed E-state index contributed by atoms with van der Waals surface area (Å²) in [7, 11) is 0. The first kappa shape index (κ1) is 11.9. The molecule has 1 rings (SSSR count). The number of allylic oxidation sites excluding steroid dienone is 1. The Balaban J connectivity index is 2.96. The van der Waals surface area contributed by atoms with E-state index < -0.39 is 11.6 Å². The summed E-state index contributed by atoms with van der Waals surface area (Å²) in [6, 6.07) is 2.12. The fourth-order valence-electron chi connectivity index (χ4n) is 0.977. The van der Waals surface area contributed by atoms with Gasteiger partial charge in [0.1, 0.15) is 11.6 Å². The van der Waals surface area contributed by atoms with Crippen LogP contribution in [-0.2, 0) is 0 Å². The molecule has 14 heavy (non-hydrogen) atoms. The number of alkyl halides is 1. The third-order valence-corrected chi connectivity index (χ3v) is 2.72. The zero-order valence-electron chi connectivity index (χ0n) is 7.24. The maximum absolute atomic E-state index is 13.2. The van der Waals surface area contributed by atoms with Gasteiger partial charge in [0.05, 0.1) is 0 Å². The van der Waals surface area contributed by atoms with Crippen molar-refractivity contribution in [1.29, 1.82) is 0 Å². The molecule has 1 aromatic rings. The zero-order valence-corrected chi connectivity index (χ0v) is 10.4. The van der Waals surface area contributed by atoms with Crippen molar-refractivity contribution in [1.82, 2.24) is 0 Å². The second-order valence-electron chi connectivity index (χ2n) is 2.66. The highest BCUT2D eigenvalue weighted by Crippen LogP contribution is 2.23. The Morgan fingerprint density at radius 3 is 2.57 bits per heavy atom. The van der Waals surface area contributed by atoms with E-state index in [2.05, 4.69) is 31.9 Å². The lowest BCUT2D eigenvalue weighted by Crippen LogP contribution is -1.87. The monoisotopic (exact) mass is 324 g/mol. The molecule has 0 spiro atoms. The third-order valence-electron chi connectivity index (χ3n) is 1.60. The summed E-state index contributed by atoms with van der Waals surface area (Å²) in [5.74, 6) is -1.13. The normalized spacial score (nSPS) is 11.1. The molecule has 0 aliphatic heterocycles. The highest BCUT2D eigenvalue weighted by molar-refractivity contribution is 9.10. The number of hydrogen-bond donors (Lipinski definition) is 0. The van der Waals surface area contributed by atoms with E-state index in [1.165, 1.54) is 6.07 Å². The van der Waals surface area contributed by atoms with E-state index in [1.807, 2.05) is 6.08 Å². The van der Waals surface area contributed by atoms with Crippen molar-refractivity contribution in [2.45, 2.75) is 6.42 Å². The molecule has 0 nitrogen and oxygen atoms in total. The molecule has 0 saturated carbocycles. The molecule has 0 aliphatic carbocycles. The van der Waals surface area contributed by atoms with Crippen molar-refractivity contribution < 1.29 is 8.78 Å². The molecule has 0 bridgehead atoms. The average molecular weight is 326 g/mol. The fraction of sp³-hybridized carbons (Fsp3) is 0.200. The van der Waals surface area contributed by atoms with Gasteiger partial charge < -0.3 is 0 Å². The second-order valence-corrected chi connectivity index (χ2v) is 4.31. The maximum atomic E-state index is 13.2. The first-order chi connectivity index (χ1) is 6.65. The van der Waals surface area contributed by atoms with Crippen LogP contribution in [0.5, 0.6) is 0 Å². The number of halogens is 4. The smallest absolute Gasteiger partial charge is 0.134 e. The summed E-state index contributed by atoms with van der Waals surface area (Å²) in [6.45, 7) is 0. The Morgan fingerprint density at radius 1 is 1.29 bits per heavy atom. The Bertz CT molecular complexity index is 325. The minimum atomic E-state index is -0.577. The van der Waals surface area contributed by atoms with E-state index in [1.54, 1.807) is 6.08 Å². The van der Waals surface area contributed by atoms with Gasteiger partial charge in [-0.3, -0.25) is 0 Å². The van der Waals surface area contributed by atoms with Crippen LogP contribution in [0, 0.1) is 11.6 Å². The molecule has 0 aromatic heterocycles. The molecule has 0 radical (unpaired) electrons. The van der Waals surface area contributed by atoms with Gasteiger partial charge in [0, 0.05) is 21.4 Å². The predicted molar refractivity (Wildman–Crippen MR) is 61.5 cm³/mol. The molecule has 0 aliphatic rings. The van der Waals surface area contributed by atoms with E-state index in [0.29, 0.717) is 10.0 Å². The summed E-state index contributed by atoms with van der Waals surface area (Å²) in [5.41, 5.74) is 0.382. The second kappa shape index (κ2) is 5.61. The van der Waals surface area contributed by atoms with Crippen LogP contribution < -0.4 is 0 Å². The van der Waals surface area contributed by atoms with Gasteiger partial charge in [0.15, 0.2) is 0 Å². The average Bonchev–Trinajstić information content (AvgIpc) is 2.09. The van der Waals surface area contributed by atoms with Gasteiger partial charge in [0.2, 0.25) is 0 Å². The summed E-state index contributed by atoms with van der Waals surface area (Å²) >= 11 is 6.36. The van der Waals surface area contributed by atoms with Crippen LogP contribution in [0.2, 0.25) is 0 Å². The Labute approximate surface area is 98.3 Å². The van der Waals surface area contributed by atoms with Gasteiger partial charge in [-0.05, 0) is 28.4 Å². The lowest BCUT2D eigenvalue weighted by atomic mass is 10.2. The molecule has 0 amide bonds. The lowest BCUT2D eigenvalue weighted by Gasteiger charge is -2.00. The molecule has 0 saturated heterocycles. The van der Waals surface area contributed by atoms with E-state index in [-0.39, 0.29) is 0 Å². The van der Waals surface area contributed by atoms with Gasteiger partial charge >= 0.3 is 0 Å². The Kier molecular flexibility index (Phi) is 4.75. The Morgan fingerprint density at radius 2 is 2.00 bits per heavy atom. The summed E-state index contributed by atoms with van der Waals surface area (Å²) < 4.78 is 26.3. The van der Waals surface area contributed by atoms with Crippen LogP contribution in [0.3, 0.4) is 0 Å². The van der Waals surface area contributed by atoms with Gasteiger partial charge in [-0.2, -0.15) is 0 Å². The molecular formula is C10H8Br2F2. The standard InChI is InChI=1S/C10H8Br2F2/c11-4-2-1-3-8-9(12)5-7(13)6-10(8)14/h1,3,5-6H,2,4H2. The largest absolute Gasteiger partial charge is 0.207 e. The van der Waals surface area contributed by atoms with Crippen LogP contribution >= 0.6 is 31.9 Å². The van der Waals surface area contributed by atoms with Gasteiger partial charge in [-0.1, -0.05) is 28.1 Å². The molecule has 0 N–H and O–H groups in total. The van der Waals surface area contributed by atoms with Crippen LogP contribution in [0.15, 0.2) is 22.7 Å². The van der Waals surface area contributed by atoms with Crippen molar-refractivity contribution in [3.63, 3.8) is 0 Å². The summed E-state index contributed by atoms with van der Waals surface area (Å²) in [5, 5.41) is 0.823. The van der Waals surface area contributed by atoms with Crippen LogP contribution in [0.25, 0.3) is 6.08 Å². The molecule has 1 aromatic carbocycles. The van der Waals surface area contributed by atoms with Crippen molar-refractivity contribution in [2.75, 3.05) is 5.33 Å². The van der Waals surface area contributed by atoms with E-state index >= 15 is 0 Å². The van der Waals surface area contributed by atoms with Gasteiger partial charge in [0.25, 0.3) is 0 Å². The third kappa shape index (κ3) is 3.17. The molecule has 4 heteroatoms. The molecular weight excluding hydrogens is 318 g/mol. The van der Waals surface area contributed by atoms with Crippen molar-refractivity contribution in [3.8, 4) is 0 Å². The first-order valence-electron chi connectivity index (χ1n) is 4.02. The highest BCUT2D eigenvalue weighted by Gasteiger charge is 2.05. The van der Waals surface area contributed by atoms with E-state index in [9.17, 15) is 8.78 Å². The predicted octanol–water partition coefficient (Wildman–Crippen LogP) is 4.53. The van der Waals surface area contributed by atoms with E-state index in [0.717, 1.165) is 17.8 Å². The minimum Gasteiger partial charge on any atom is -0.207 e. The summed E-state index contributed by atoms with van der Waals surface area (Å²) in [4.78, 5) is 0. The minimum absolute atomic E-state index is 0.382. The molecule has 0 unspecified atom stereocenters. The number of rotatable bonds is 3. The van der Waals surface area contributed by atoms with Crippen molar-refractivity contribution in [3.05, 3.63) is 39.9 Å². The fourth-order valence-corrected chi connectivity index (χ4v) is 1.78. The summed E-state index contributed by atoms with van der Waals surface area (Å²) in [6.07, 6.45) is 4.28. The van der Waals surface area contributed by atoms with Gasteiger partial charge in [-0.15, -0.1) is 0 Å². The van der Waals surface area contributed by atoms with Crippen molar-refractivity contribution in [2.24, 2.45) is 0 Å². The van der Waals surface area contributed by atoms with E-state index in [4.69, 9.17) is 0 Å². The molecule has 0 heterocycles. The molecule has 0 atom stereocenters. The number of hydrogen-bond acceptors (Lipinski definition) is 0. The quantitative estimate of drug-likeness (QED) is 0.716. The topological polar surface area (TPSA) is 0 Å². The lowest BCUT2D eigenvalue weighted by molar-refractivity contribution is 0.580. The van der Waals surface area contributed by atoms with Crippen LogP contribution in [-0.4, -0.2) is 5.33 Å². The zero-order chi connectivity index (χ0) is 10.6. The van der Waals surface area contributed by atoms with Crippen LogP contribution in [0.1, 0.15) is 12.0 Å². The van der Waals surface area contributed by atoms with Crippen LogP contribution in [0.4, 0.5) is 8.78 Å².